The first-order valence-corrected chi connectivity index (χ1v) is 23.2. The first kappa shape index (κ1) is 38.0. The number of nitrogens with zero attached hydrogens (tertiary/aromatic N) is 1. The predicted molar refractivity (Wildman–Crippen MR) is 231 cm³/mol. The summed E-state index contributed by atoms with van der Waals surface area (Å²) in [5.74, 6) is 0.0321. The first-order chi connectivity index (χ1) is 27.8. The number of ketones is 1. The van der Waals surface area contributed by atoms with Crippen molar-refractivity contribution in [3.8, 4) is 11.1 Å². The van der Waals surface area contributed by atoms with Gasteiger partial charge in [0.05, 0.1) is 11.7 Å². The zero-order valence-electron chi connectivity index (χ0n) is 33.2. The monoisotopic (exact) mass is 809 g/mol. The zero-order valence-corrected chi connectivity index (χ0v) is 34.8. The van der Waals surface area contributed by atoms with E-state index in [0.29, 0.717) is 24.8 Å². The Morgan fingerprint density at radius 1 is 0.776 bits per heavy atom. The van der Waals surface area contributed by atoms with Crippen LogP contribution in [0, 0.1) is 33.5 Å². The van der Waals surface area contributed by atoms with Crippen molar-refractivity contribution in [3.63, 3.8) is 0 Å². The number of hydrogen-bond donors (Lipinski definition) is 2. The number of benzene rings is 4. The van der Waals surface area contributed by atoms with E-state index in [2.05, 4.69) is 44.2 Å². The molecular weight excluding hydrogens is 759 g/mol. The number of carbonyl (C=O) groups is 1. The van der Waals surface area contributed by atoms with Gasteiger partial charge in [-0.15, -0.1) is 11.3 Å². The highest BCUT2D eigenvalue weighted by atomic mass is 32.2. The molecule has 0 amide bonds. The first-order valence-electron chi connectivity index (χ1n) is 20.9. The van der Waals surface area contributed by atoms with Crippen LogP contribution in [0.1, 0.15) is 74.7 Å². The van der Waals surface area contributed by atoms with Crippen LogP contribution in [-0.4, -0.2) is 47.0 Å². The van der Waals surface area contributed by atoms with E-state index in [1.165, 1.54) is 15.6 Å². The minimum absolute atomic E-state index is 0.00740. The fraction of sp³-hybridized carbons (Fsp3) is 0.380. The summed E-state index contributed by atoms with van der Waals surface area (Å²) in [6.07, 6.45) is 11.2. The Kier molecular flexibility index (Phi) is 8.80. The van der Waals surface area contributed by atoms with E-state index >= 15 is 4.79 Å². The average Bonchev–Trinajstić information content (AvgIpc) is 3.88. The fourth-order valence-corrected chi connectivity index (χ4v) is 15.5. The standard InChI is InChI=1S/C50H51NO5S2/c1-46-24-21-39(52)30-48(46)27-28-50(41(31-48)45(53)37-19-17-35(18-20-37)34-10-4-3-5-11-34)42(46)22-25-47(2)43(50)23-26-49(47,54)33-51(58(55,56)44-16-9-29-57-44)32-38-14-8-13-36-12-6-7-15-40(36)38/h3-20,27-29,31,39,42-43,52,54H,21-26,30,32-33H2,1-2H3/t39?,42-,43-,46-,47+,48+,49-,50-/m1/s1. The lowest BCUT2D eigenvalue weighted by atomic mass is 9.32. The van der Waals surface area contributed by atoms with Gasteiger partial charge in [-0.05, 0) is 101 Å². The summed E-state index contributed by atoms with van der Waals surface area (Å²) < 4.78 is 31.1. The molecule has 3 fully saturated rings. The van der Waals surface area contributed by atoms with Gasteiger partial charge >= 0.3 is 0 Å². The Balaban J connectivity index is 1.06. The van der Waals surface area contributed by atoms with Crippen LogP contribution in [-0.2, 0) is 16.6 Å². The van der Waals surface area contributed by atoms with Crippen LogP contribution in [0.25, 0.3) is 21.9 Å². The van der Waals surface area contributed by atoms with Crippen LogP contribution >= 0.6 is 11.3 Å². The number of allylic oxidation sites excluding steroid dienone is 4. The molecule has 1 aromatic heterocycles. The Hall–Kier alpha value is -4.18. The molecule has 0 radical (unpaired) electrons. The lowest BCUT2D eigenvalue weighted by Crippen LogP contribution is -2.67. The number of hydrogen-bond acceptors (Lipinski definition) is 6. The molecule has 6 aliphatic carbocycles. The molecule has 6 aliphatic rings. The van der Waals surface area contributed by atoms with E-state index in [1.807, 2.05) is 84.9 Å². The number of rotatable bonds is 9. The smallest absolute Gasteiger partial charge is 0.252 e. The summed E-state index contributed by atoms with van der Waals surface area (Å²) in [6, 6.07) is 35.6. The second kappa shape index (κ2) is 13.4. The van der Waals surface area contributed by atoms with Gasteiger partial charge in [-0.2, -0.15) is 4.31 Å². The normalized spacial score (nSPS) is 33.7. The van der Waals surface area contributed by atoms with Crippen LogP contribution in [0.3, 0.4) is 0 Å². The van der Waals surface area contributed by atoms with Gasteiger partial charge in [0, 0.05) is 40.5 Å². The molecule has 0 saturated heterocycles. The highest BCUT2D eigenvalue weighted by Gasteiger charge is 2.74. The van der Waals surface area contributed by atoms with Crippen molar-refractivity contribution >= 4 is 37.9 Å². The molecule has 8 heteroatoms. The summed E-state index contributed by atoms with van der Waals surface area (Å²) in [5, 5.41) is 28.3. The number of carbonyl (C=O) groups excluding carboxylic acids is 1. The maximum Gasteiger partial charge on any atom is 0.252 e. The van der Waals surface area contributed by atoms with Gasteiger partial charge in [-0.3, -0.25) is 4.79 Å². The van der Waals surface area contributed by atoms with Gasteiger partial charge < -0.3 is 10.2 Å². The van der Waals surface area contributed by atoms with E-state index in [-0.39, 0.29) is 40.3 Å². The Bertz CT molecular complexity index is 2580. The SMILES string of the molecule is C[C@]12CC[C@H]3[C@]4(C=C[C@@]5(C=C4C(=O)c4ccc(-c6ccccc6)cc4)CC(O)CC[C@]35C)[C@@H]1CC[C@@]2(O)CN(Cc1cccc2ccccc12)S(=O)(=O)c1cccs1. The molecular formula is C50H51NO5S2. The number of Topliss-reactive ketones (excluding diaryl/α,β-unsaturated/α-hetero) is 1. The zero-order chi connectivity index (χ0) is 40.1. The van der Waals surface area contributed by atoms with Crippen molar-refractivity contribution in [3.05, 3.63) is 150 Å². The fourth-order valence-electron chi connectivity index (χ4n) is 12.9. The summed E-state index contributed by atoms with van der Waals surface area (Å²) in [4.78, 5) is 15.2. The molecule has 1 heterocycles. The molecule has 298 valence electrons. The van der Waals surface area contributed by atoms with E-state index in [9.17, 15) is 18.6 Å². The molecule has 8 atom stereocenters. The number of thiophene rings is 1. The number of aliphatic hydroxyl groups excluding tert-OH is 1. The van der Waals surface area contributed by atoms with Crippen molar-refractivity contribution in [1.82, 2.24) is 4.31 Å². The predicted octanol–water partition coefficient (Wildman–Crippen LogP) is 10.2. The van der Waals surface area contributed by atoms with E-state index in [4.69, 9.17) is 0 Å². The molecule has 11 rings (SSSR count). The third kappa shape index (κ3) is 5.37. The second-order valence-electron chi connectivity index (χ2n) is 18.4. The highest BCUT2D eigenvalue weighted by molar-refractivity contribution is 7.91. The van der Waals surface area contributed by atoms with Crippen molar-refractivity contribution in [1.29, 1.82) is 0 Å². The van der Waals surface area contributed by atoms with Crippen LogP contribution in [0.15, 0.2) is 143 Å². The van der Waals surface area contributed by atoms with Gasteiger partial charge in [-0.25, -0.2) is 8.42 Å². The minimum atomic E-state index is -3.98. The topological polar surface area (TPSA) is 94.9 Å². The molecule has 1 unspecified atom stereocenters. The van der Waals surface area contributed by atoms with E-state index in [0.717, 1.165) is 58.7 Å². The summed E-state index contributed by atoms with van der Waals surface area (Å²) in [6.45, 7) is 4.65. The van der Waals surface area contributed by atoms with Crippen molar-refractivity contribution in [2.24, 2.45) is 33.5 Å². The number of sulfonamides is 1. The Morgan fingerprint density at radius 3 is 2.24 bits per heavy atom. The van der Waals surface area contributed by atoms with Crippen LogP contribution < -0.4 is 0 Å². The third-order valence-corrected chi connectivity index (χ3v) is 19.1. The Morgan fingerprint density at radius 2 is 1.47 bits per heavy atom. The van der Waals surface area contributed by atoms with Gasteiger partial charge in [0.1, 0.15) is 4.21 Å². The molecule has 6 nitrogen and oxygen atoms in total. The van der Waals surface area contributed by atoms with Crippen molar-refractivity contribution in [2.45, 2.75) is 81.3 Å². The summed E-state index contributed by atoms with van der Waals surface area (Å²) in [5.41, 5.74) is 1.12. The van der Waals surface area contributed by atoms with Crippen LogP contribution in [0.2, 0.25) is 0 Å². The second-order valence-corrected chi connectivity index (χ2v) is 21.5. The Labute approximate surface area is 346 Å². The maximum atomic E-state index is 15.2. The molecule has 4 aromatic carbocycles. The molecule has 2 N–H and O–H groups in total. The molecule has 2 bridgehead atoms. The van der Waals surface area contributed by atoms with Crippen molar-refractivity contribution < 1.29 is 23.4 Å². The highest BCUT2D eigenvalue weighted by Crippen LogP contribution is 2.78. The van der Waals surface area contributed by atoms with Crippen LogP contribution in [0.5, 0.6) is 0 Å². The van der Waals surface area contributed by atoms with Crippen LogP contribution in [0.4, 0.5) is 0 Å². The molecule has 58 heavy (non-hydrogen) atoms. The summed E-state index contributed by atoms with van der Waals surface area (Å²) >= 11 is 1.20. The quantitative estimate of drug-likeness (QED) is 0.114. The largest absolute Gasteiger partial charge is 0.393 e. The maximum absolute atomic E-state index is 15.2. The minimum Gasteiger partial charge on any atom is -0.393 e. The lowest BCUT2D eigenvalue weighted by molar-refractivity contribution is -0.173. The van der Waals surface area contributed by atoms with Gasteiger partial charge in [-0.1, -0.05) is 135 Å². The van der Waals surface area contributed by atoms with E-state index in [1.54, 1.807) is 17.5 Å². The number of aliphatic hydroxyl groups is 2. The molecule has 3 saturated carbocycles. The molecule has 0 aliphatic heterocycles. The lowest BCUT2D eigenvalue weighted by Gasteiger charge is -2.71. The van der Waals surface area contributed by atoms with E-state index < -0.39 is 38.0 Å². The molecule has 5 aromatic rings. The van der Waals surface area contributed by atoms with Crippen molar-refractivity contribution in [2.75, 3.05) is 6.54 Å². The average molecular weight is 810 g/mol. The van der Waals surface area contributed by atoms with Gasteiger partial charge in [0.25, 0.3) is 10.0 Å². The number of fused-ring (bicyclic) bond motifs is 2. The van der Waals surface area contributed by atoms with Gasteiger partial charge in [0.15, 0.2) is 5.78 Å². The van der Waals surface area contributed by atoms with Gasteiger partial charge in [0.2, 0.25) is 0 Å². The summed E-state index contributed by atoms with van der Waals surface area (Å²) in [7, 11) is -3.98. The molecule has 2 spiro atoms. The third-order valence-electron chi connectivity index (χ3n) is 16.0.